The highest BCUT2D eigenvalue weighted by Crippen LogP contribution is 2.25. The number of nitrogens with one attached hydrogen (secondary N) is 2. The highest BCUT2D eigenvalue weighted by atomic mass is 79.9. The number of aliphatic hydroxyl groups excluding tert-OH is 1. The maximum Gasteiger partial charge on any atom is 0.270 e. The van der Waals surface area contributed by atoms with Gasteiger partial charge in [0.25, 0.3) is 5.91 Å². The molecule has 0 bridgehead atoms. The largest absolute Gasteiger partial charge is 0.392 e. The van der Waals surface area contributed by atoms with Gasteiger partial charge in [0.05, 0.1) is 17.6 Å². The highest BCUT2D eigenvalue weighted by molar-refractivity contribution is 9.10. The van der Waals surface area contributed by atoms with E-state index in [1.54, 1.807) is 0 Å². The average Bonchev–Trinajstić information content (AvgIpc) is 2.82. The average molecular weight is 345 g/mol. The molecule has 0 radical (unpaired) electrons. The van der Waals surface area contributed by atoms with E-state index in [0.717, 1.165) is 18.6 Å². The van der Waals surface area contributed by atoms with E-state index in [1.807, 2.05) is 0 Å². The van der Waals surface area contributed by atoms with Gasteiger partial charge in [0.1, 0.15) is 5.82 Å². The standard InChI is InChI=1S/C13H14BrFN2O3/c14-10-6-7(15)4-5-8(10)12(19)16-17-13(20)9-2-1-3-11(9)18/h4-6,9,11,18H,1-3H2,(H,16,19)(H,17,20). The fourth-order valence-corrected chi connectivity index (χ4v) is 2.73. The molecule has 7 heteroatoms. The number of benzene rings is 1. The van der Waals surface area contributed by atoms with Gasteiger partial charge in [-0.15, -0.1) is 0 Å². The van der Waals surface area contributed by atoms with Gasteiger partial charge in [-0.1, -0.05) is 0 Å². The summed E-state index contributed by atoms with van der Waals surface area (Å²) in [5, 5.41) is 9.59. The molecule has 20 heavy (non-hydrogen) atoms. The van der Waals surface area contributed by atoms with Gasteiger partial charge in [0.2, 0.25) is 5.91 Å². The number of rotatable bonds is 2. The van der Waals surface area contributed by atoms with Crippen molar-refractivity contribution in [3.05, 3.63) is 34.1 Å². The Morgan fingerprint density at radius 2 is 2.05 bits per heavy atom. The first-order valence-corrected chi connectivity index (χ1v) is 7.01. The van der Waals surface area contributed by atoms with Gasteiger partial charge >= 0.3 is 0 Å². The van der Waals surface area contributed by atoms with Crippen LogP contribution in [0.25, 0.3) is 0 Å². The minimum absolute atomic E-state index is 0.207. The quantitative estimate of drug-likeness (QED) is 0.711. The Hall–Kier alpha value is -1.47. The fraction of sp³-hybridized carbons (Fsp3) is 0.385. The van der Waals surface area contributed by atoms with Crippen molar-refractivity contribution in [2.24, 2.45) is 5.92 Å². The zero-order valence-corrected chi connectivity index (χ0v) is 12.1. The summed E-state index contributed by atoms with van der Waals surface area (Å²) in [5.41, 5.74) is 4.74. The van der Waals surface area contributed by atoms with Crippen LogP contribution in [-0.2, 0) is 4.79 Å². The number of hydrogen-bond acceptors (Lipinski definition) is 3. The van der Waals surface area contributed by atoms with E-state index >= 15 is 0 Å². The van der Waals surface area contributed by atoms with Gasteiger partial charge in [-0.3, -0.25) is 20.4 Å². The number of carbonyl (C=O) groups excluding carboxylic acids is 2. The second-order valence-electron chi connectivity index (χ2n) is 4.67. The third-order valence-corrected chi connectivity index (χ3v) is 3.95. The summed E-state index contributed by atoms with van der Waals surface area (Å²) in [7, 11) is 0. The molecule has 1 aliphatic carbocycles. The summed E-state index contributed by atoms with van der Waals surface area (Å²) in [6.45, 7) is 0. The van der Waals surface area contributed by atoms with Gasteiger partial charge in [0.15, 0.2) is 0 Å². The summed E-state index contributed by atoms with van der Waals surface area (Å²) in [6.07, 6.45) is 1.32. The predicted molar refractivity (Wildman–Crippen MR) is 73.1 cm³/mol. The molecule has 2 unspecified atom stereocenters. The van der Waals surface area contributed by atoms with Crippen molar-refractivity contribution in [3.63, 3.8) is 0 Å². The zero-order valence-electron chi connectivity index (χ0n) is 10.5. The Morgan fingerprint density at radius 3 is 2.65 bits per heavy atom. The van der Waals surface area contributed by atoms with Crippen LogP contribution in [0.2, 0.25) is 0 Å². The molecule has 2 rings (SSSR count). The first-order chi connectivity index (χ1) is 9.49. The minimum Gasteiger partial charge on any atom is -0.392 e. The molecule has 108 valence electrons. The molecule has 1 fully saturated rings. The van der Waals surface area contributed by atoms with Crippen molar-refractivity contribution in [1.82, 2.24) is 10.9 Å². The lowest BCUT2D eigenvalue weighted by atomic mass is 10.1. The first-order valence-electron chi connectivity index (χ1n) is 6.22. The Kier molecular flexibility index (Phi) is 4.72. The molecule has 1 aromatic carbocycles. The zero-order chi connectivity index (χ0) is 14.7. The summed E-state index contributed by atoms with van der Waals surface area (Å²) in [6, 6.07) is 3.63. The van der Waals surface area contributed by atoms with Crippen LogP contribution in [0.5, 0.6) is 0 Å². The van der Waals surface area contributed by atoms with Crippen LogP contribution in [0.1, 0.15) is 29.6 Å². The second-order valence-corrected chi connectivity index (χ2v) is 5.53. The van der Waals surface area contributed by atoms with E-state index in [9.17, 15) is 19.1 Å². The fourth-order valence-electron chi connectivity index (χ4n) is 2.20. The van der Waals surface area contributed by atoms with Crippen molar-refractivity contribution < 1.29 is 19.1 Å². The van der Waals surface area contributed by atoms with Gasteiger partial charge in [-0.2, -0.15) is 0 Å². The van der Waals surface area contributed by atoms with Crippen LogP contribution >= 0.6 is 15.9 Å². The summed E-state index contributed by atoms with van der Waals surface area (Å²) in [5.74, 6) is -1.93. The third kappa shape index (κ3) is 3.34. The van der Waals surface area contributed by atoms with Crippen LogP contribution in [0.15, 0.2) is 22.7 Å². The topological polar surface area (TPSA) is 78.4 Å². The van der Waals surface area contributed by atoms with Crippen molar-refractivity contribution >= 4 is 27.7 Å². The normalized spacial score (nSPS) is 21.6. The van der Waals surface area contributed by atoms with Crippen LogP contribution in [0.3, 0.4) is 0 Å². The molecule has 2 amide bonds. The van der Waals surface area contributed by atoms with E-state index < -0.39 is 29.7 Å². The lowest BCUT2D eigenvalue weighted by Crippen LogP contribution is -2.46. The monoisotopic (exact) mass is 344 g/mol. The number of hydrazine groups is 1. The molecular weight excluding hydrogens is 331 g/mol. The summed E-state index contributed by atoms with van der Waals surface area (Å²) >= 11 is 3.08. The molecule has 1 aliphatic rings. The van der Waals surface area contributed by atoms with E-state index in [1.165, 1.54) is 6.07 Å². The molecule has 5 nitrogen and oxygen atoms in total. The lowest BCUT2D eigenvalue weighted by Gasteiger charge is -2.15. The molecular formula is C13H14BrFN2O3. The first kappa shape index (κ1) is 14.9. The number of hydrogen-bond donors (Lipinski definition) is 3. The molecule has 3 N–H and O–H groups in total. The predicted octanol–water partition coefficient (Wildman–Crippen LogP) is 1.51. The smallest absolute Gasteiger partial charge is 0.270 e. The molecule has 1 aromatic rings. The summed E-state index contributed by atoms with van der Waals surface area (Å²) < 4.78 is 13.2. The van der Waals surface area contributed by atoms with E-state index in [2.05, 4.69) is 26.8 Å². The van der Waals surface area contributed by atoms with Gasteiger partial charge in [-0.05, 0) is 53.4 Å². The maximum atomic E-state index is 12.9. The van der Waals surface area contributed by atoms with Crippen LogP contribution in [0.4, 0.5) is 4.39 Å². The van der Waals surface area contributed by atoms with Crippen molar-refractivity contribution in [2.75, 3.05) is 0 Å². The van der Waals surface area contributed by atoms with Crippen molar-refractivity contribution in [3.8, 4) is 0 Å². The van der Waals surface area contributed by atoms with Crippen molar-refractivity contribution in [1.29, 1.82) is 0 Å². The molecule has 0 aliphatic heterocycles. The second kappa shape index (κ2) is 6.32. The van der Waals surface area contributed by atoms with Gasteiger partial charge in [-0.25, -0.2) is 4.39 Å². The Morgan fingerprint density at radius 1 is 1.30 bits per heavy atom. The van der Waals surface area contributed by atoms with E-state index in [4.69, 9.17) is 0 Å². The highest BCUT2D eigenvalue weighted by Gasteiger charge is 2.31. The van der Waals surface area contributed by atoms with Gasteiger partial charge < -0.3 is 5.11 Å². The molecule has 2 atom stereocenters. The molecule has 1 saturated carbocycles. The summed E-state index contributed by atoms with van der Waals surface area (Å²) in [4.78, 5) is 23.6. The number of amides is 2. The van der Waals surface area contributed by atoms with Gasteiger partial charge in [0, 0.05) is 4.47 Å². The number of aliphatic hydroxyl groups is 1. The molecule has 0 heterocycles. The SMILES string of the molecule is O=C(NNC(=O)C1CCCC1O)c1ccc(F)cc1Br. The lowest BCUT2D eigenvalue weighted by molar-refractivity contribution is -0.128. The molecule has 0 spiro atoms. The Labute approximate surface area is 123 Å². The molecule has 0 aromatic heterocycles. The molecule has 0 saturated heterocycles. The number of halogens is 2. The maximum absolute atomic E-state index is 12.9. The van der Waals surface area contributed by atoms with Crippen molar-refractivity contribution in [2.45, 2.75) is 25.4 Å². The Balaban J connectivity index is 1.93. The Bertz CT molecular complexity index is 538. The van der Waals surface area contributed by atoms with E-state index in [0.29, 0.717) is 17.3 Å². The third-order valence-electron chi connectivity index (χ3n) is 3.29. The van der Waals surface area contributed by atoms with Crippen LogP contribution in [-0.4, -0.2) is 23.0 Å². The number of carbonyl (C=O) groups is 2. The minimum atomic E-state index is -0.663. The van der Waals surface area contributed by atoms with Crippen LogP contribution in [0, 0.1) is 11.7 Å². The van der Waals surface area contributed by atoms with E-state index in [-0.39, 0.29) is 5.56 Å². The van der Waals surface area contributed by atoms with Crippen LogP contribution < -0.4 is 10.9 Å².